The van der Waals surface area contributed by atoms with Crippen LogP contribution in [0.1, 0.15) is 23.1 Å². The van der Waals surface area contributed by atoms with E-state index in [0.29, 0.717) is 0 Å². The summed E-state index contributed by atoms with van der Waals surface area (Å²) in [6.07, 6.45) is 5.74. The first-order valence-corrected chi connectivity index (χ1v) is 9.04. The van der Waals surface area contributed by atoms with Crippen LogP contribution in [-0.4, -0.2) is 5.37 Å². The van der Waals surface area contributed by atoms with Crippen molar-refractivity contribution in [3.05, 3.63) is 87.2 Å². The molecule has 1 unspecified atom stereocenters. The SMILES string of the molecule is Nc1cccc(C=S2C=CC3=C2CCc2ccccc2C3)c1. The van der Waals surface area contributed by atoms with Crippen molar-refractivity contribution >= 4 is 21.5 Å². The van der Waals surface area contributed by atoms with Crippen LogP contribution in [0, 0.1) is 0 Å². The summed E-state index contributed by atoms with van der Waals surface area (Å²) in [6, 6.07) is 17.0. The van der Waals surface area contributed by atoms with Crippen molar-refractivity contribution in [2.45, 2.75) is 19.3 Å². The van der Waals surface area contributed by atoms with Gasteiger partial charge in [0.15, 0.2) is 0 Å². The second-order valence-electron chi connectivity index (χ2n) is 5.86. The zero-order valence-corrected chi connectivity index (χ0v) is 13.3. The van der Waals surface area contributed by atoms with E-state index in [1.54, 1.807) is 4.91 Å². The van der Waals surface area contributed by atoms with Gasteiger partial charge in [-0.3, -0.25) is 0 Å². The zero-order valence-electron chi connectivity index (χ0n) is 12.5. The van der Waals surface area contributed by atoms with E-state index in [1.807, 2.05) is 12.1 Å². The summed E-state index contributed by atoms with van der Waals surface area (Å²) >= 11 is 0. The van der Waals surface area contributed by atoms with Crippen LogP contribution >= 0.6 is 10.5 Å². The summed E-state index contributed by atoms with van der Waals surface area (Å²) in [5.74, 6) is 0. The number of rotatable bonds is 1. The van der Waals surface area contributed by atoms with Crippen LogP contribution in [0.5, 0.6) is 0 Å². The van der Waals surface area contributed by atoms with Crippen molar-refractivity contribution in [2.75, 3.05) is 5.73 Å². The zero-order chi connectivity index (χ0) is 14.9. The highest BCUT2D eigenvalue weighted by atomic mass is 32.2. The van der Waals surface area contributed by atoms with Crippen LogP contribution in [0.4, 0.5) is 5.69 Å². The molecule has 0 spiro atoms. The molecule has 0 aromatic heterocycles. The molecular weight excluding hydrogens is 286 g/mol. The molecule has 0 saturated carbocycles. The maximum absolute atomic E-state index is 5.90. The van der Waals surface area contributed by atoms with Crippen LogP contribution in [-0.2, 0) is 12.8 Å². The summed E-state index contributed by atoms with van der Waals surface area (Å²) < 4.78 is 0. The maximum Gasteiger partial charge on any atom is 0.0320 e. The minimum absolute atomic E-state index is 0.116. The van der Waals surface area contributed by atoms with Crippen LogP contribution < -0.4 is 5.73 Å². The average molecular weight is 305 g/mol. The van der Waals surface area contributed by atoms with Gasteiger partial charge in [0, 0.05) is 5.69 Å². The molecule has 1 aliphatic heterocycles. The topological polar surface area (TPSA) is 26.0 Å². The van der Waals surface area contributed by atoms with Gasteiger partial charge >= 0.3 is 0 Å². The lowest BCUT2D eigenvalue weighted by Crippen LogP contribution is -1.91. The Kier molecular flexibility index (Phi) is 3.47. The Morgan fingerprint density at radius 2 is 1.82 bits per heavy atom. The fourth-order valence-corrected chi connectivity index (χ4v) is 5.15. The number of hydrogen-bond donors (Lipinski definition) is 1. The molecule has 2 N–H and O–H groups in total. The highest BCUT2D eigenvalue weighted by Crippen LogP contribution is 2.42. The van der Waals surface area contributed by atoms with Gasteiger partial charge in [-0.2, -0.15) is 0 Å². The Morgan fingerprint density at radius 1 is 0.955 bits per heavy atom. The van der Waals surface area contributed by atoms with E-state index >= 15 is 0 Å². The largest absolute Gasteiger partial charge is 0.399 e. The molecule has 0 radical (unpaired) electrons. The first kappa shape index (κ1) is 13.6. The number of hydrogen-bond acceptors (Lipinski definition) is 1. The number of aryl methyl sites for hydroxylation is 1. The Labute approximate surface area is 134 Å². The minimum Gasteiger partial charge on any atom is -0.399 e. The predicted molar refractivity (Wildman–Crippen MR) is 98.2 cm³/mol. The van der Waals surface area contributed by atoms with Gasteiger partial charge in [0.05, 0.1) is 0 Å². The maximum atomic E-state index is 5.90. The second-order valence-corrected chi connectivity index (χ2v) is 7.60. The van der Waals surface area contributed by atoms with E-state index in [0.717, 1.165) is 18.5 Å². The van der Waals surface area contributed by atoms with E-state index in [4.69, 9.17) is 5.73 Å². The van der Waals surface area contributed by atoms with E-state index in [-0.39, 0.29) is 10.5 Å². The molecule has 0 bridgehead atoms. The average Bonchev–Trinajstić information content (AvgIpc) is 2.78. The summed E-state index contributed by atoms with van der Waals surface area (Å²) in [5.41, 5.74) is 12.5. The fourth-order valence-electron chi connectivity index (χ4n) is 3.23. The normalized spacial score (nSPS) is 19.9. The molecule has 1 heterocycles. The van der Waals surface area contributed by atoms with Crippen molar-refractivity contribution in [3.63, 3.8) is 0 Å². The van der Waals surface area contributed by atoms with Gasteiger partial charge in [-0.15, -0.1) is 10.5 Å². The highest BCUT2D eigenvalue weighted by Gasteiger charge is 2.19. The third-order valence-electron chi connectivity index (χ3n) is 4.35. The Morgan fingerprint density at radius 3 is 2.68 bits per heavy atom. The molecule has 22 heavy (non-hydrogen) atoms. The molecule has 110 valence electrons. The van der Waals surface area contributed by atoms with E-state index in [2.05, 4.69) is 53.2 Å². The molecule has 0 amide bonds. The van der Waals surface area contributed by atoms with Gasteiger partial charge in [0.25, 0.3) is 0 Å². The van der Waals surface area contributed by atoms with Crippen LogP contribution in [0.2, 0.25) is 0 Å². The smallest absolute Gasteiger partial charge is 0.0320 e. The van der Waals surface area contributed by atoms with Gasteiger partial charge in [-0.25, -0.2) is 0 Å². The molecule has 1 atom stereocenters. The van der Waals surface area contributed by atoms with Crippen molar-refractivity contribution in [1.82, 2.24) is 0 Å². The molecule has 2 heteroatoms. The van der Waals surface area contributed by atoms with Crippen molar-refractivity contribution in [1.29, 1.82) is 0 Å². The lowest BCUT2D eigenvalue weighted by Gasteiger charge is -2.07. The number of fused-ring (bicyclic) bond motifs is 1. The Balaban J connectivity index is 1.69. The summed E-state index contributed by atoms with van der Waals surface area (Å²) in [6.45, 7) is 0. The molecule has 1 aliphatic carbocycles. The van der Waals surface area contributed by atoms with Crippen LogP contribution in [0.15, 0.2) is 70.5 Å². The van der Waals surface area contributed by atoms with Crippen molar-refractivity contribution < 1.29 is 0 Å². The first-order chi connectivity index (χ1) is 10.8. The van der Waals surface area contributed by atoms with E-state index < -0.39 is 0 Å². The summed E-state index contributed by atoms with van der Waals surface area (Å²) in [4.78, 5) is 1.61. The molecule has 2 aliphatic rings. The lowest BCUT2D eigenvalue weighted by atomic mass is 10.0. The minimum atomic E-state index is 0.116. The molecule has 2 aromatic rings. The molecule has 0 saturated heterocycles. The van der Waals surface area contributed by atoms with Gasteiger partial charge in [0.2, 0.25) is 0 Å². The predicted octanol–water partition coefficient (Wildman–Crippen LogP) is 4.66. The summed E-state index contributed by atoms with van der Waals surface area (Å²) in [5, 5.41) is 4.73. The first-order valence-electron chi connectivity index (χ1n) is 7.69. The van der Waals surface area contributed by atoms with Crippen molar-refractivity contribution in [3.8, 4) is 0 Å². The number of anilines is 1. The third kappa shape index (κ3) is 2.55. The second kappa shape index (κ2) is 5.62. The van der Waals surface area contributed by atoms with Gasteiger partial charge in [0.1, 0.15) is 0 Å². The quantitative estimate of drug-likeness (QED) is 0.602. The Hall–Kier alpha value is -2.06. The summed E-state index contributed by atoms with van der Waals surface area (Å²) in [7, 11) is 0.116. The molecule has 1 nitrogen and oxygen atoms in total. The van der Waals surface area contributed by atoms with E-state index in [1.165, 1.54) is 28.7 Å². The number of nitrogen functional groups attached to an aromatic ring is 1. The number of benzene rings is 2. The monoisotopic (exact) mass is 305 g/mol. The standard InChI is InChI=1S/C20H19NS/c21-19-7-3-4-15(12-19)14-22-11-10-18-13-17-6-2-1-5-16(17)8-9-20(18)22/h1-7,10-12,14H,8-9,13,21H2. The number of allylic oxidation sites excluding steroid dienone is 3. The van der Waals surface area contributed by atoms with Gasteiger partial charge in [-0.05, 0) is 69.3 Å². The van der Waals surface area contributed by atoms with E-state index in [9.17, 15) is 0 Å². The Bertz CT molecular complexity index is 827. The molecule has 0 fully saturated rings. The third-order valence-corrected chi connectivity index (χ3v) is 6.34. The van der Waals surface area contributed by atoms with Gasteiger partial charge < -0.3 is 5.73 Å². The molecular formula is C20H19NS. The highest BCUT2D eigenvalue weighted by molar-refractivity contribution is 8.21. The fraction of sp³-hybridized carbons (Fsp3) is 0.150. The van der Waals surface area contributed by atoms with Crippen LogP contribution in [0.3, 0.4) is 0 Å². The number of nitrogens with two attached hydrogens (primary N) is 1. The lowest BCUT2D eigenvalue weighted by molar-refractivity contribution is 0.990. The van der Waals surface area contributed by atoms with Gasteiger partial charge in [-0.1, -0.05) is 42.5 Å². The van der Waals surface area contributed by atoms with Crippen molar-refractivity contribution in [2.24, 2.45) is 0 Å². The molecule has 2 aromatic carbocycles. The van der Waals surface area contributed by atoms with Crippen LogP contribution in [0.25, 0.3) is 0 Å². The molecule has 4 rings (SSSR count).